The van der Waals surface area contributed by atoms with Gasteiger partial charge in [0.25, 0.3) is 5.91 Å². The van der Waals surface area contributed by atoms with Crippen LogP contribution in [0.3, 0.4) is 0 Å². The van der Waals surface area contributed by atoms with Crippen LogP contribution in [-0.2, 0) is 20.9 Å². The van der Waals surface area contributed by atoms with Gasteiger partial charge in [0.2, 0.25) is 5.91 Å². The van der Waals surface area contributed by atoms with E-state index in [0.29, 0.717) is 6.54 Å². The summed E-state index contributed by atoms with van der Waals surface area (Å²) in [6.07, 6.45) is 0.817. The highest BCUT2D eigenvalue weighted by molar-refractivity contribution is 5.96. The minimum Gasteiger partial charge on any atom is -0.497 e. The maximum Gasteiger partial charge on any atom is 0.254 e. The van der Waals surface area contributed by atoms with E-state index in [4.69, 9.17) is 9.47 Å². The average molecular weight is 409 g/mol. The largest absolute Gasteiger partial charge is 0.497 e. The zero-order valence-corrected chi connectivity index (χ0v) is 17.2. The van der Waals surface area contributed by atoms with Crippen LogP contribution in [0.5, 0.6) is 5.75 Å². The lowest BCUT2D eigenvalue weighted by Crippen LogP contribution is -2.51. The normalized spacial score (nSPS) is 20.7. The van der Waals surface area contributed by atoms with Crippen LogP contribution in [-0.4, -0.2) is 55.7 Å². The number of likely N-dealkylation sites (tertiary alicyclic amines) is 1. The van der Waals surface area contributed by atoms with Gasteiger partial charge in [0.05, 0.1) is 13.2 Å². The third-order valence-electron chi connectivity index (χ3n) is 5.11. The number of methoxy groups -OCH3 is 2. The lowest BCUT2D eigenvalue weighted by molar-refractivity contribution is -0.139. The molecule has 0 radical (unpaired) electrons. The minimum absolute atomic E-state index is 0.247. The van der Waals surface area contributed by atoms with E-state index in [1.807, 2.05) is 54.6 Å². The molecule has 1 aliphatic heterocycles. The fraction of sp³-hybridized carbons (Fsp3) is 0.304. The molecule has 7 nitrogen and oxygen atoms in total. The van der Waals surface area contributed by atoms with E-state index in [-0.39, 0.29) is 18.4 Å². The highest BCUT2D eigenvalue weighted by Gasteiger charge is 2.51. The Morgan fingerprint density at radius 3 is 2.43 bits per heavy atom. The summed E-state index contributed by atoms with van der Waals surface area (Å²) in [6.45, 7) is 4.35. The van der Waals surface area contributed by atoms with Crippen molar-refractivity contribution in [1.29, 1.82) is 0 Å². The van der Waals surface area contributed by atoms with Crippen LogP contribution in [0.25, 0.3) is 0 Å². The minimum atomic E-state index is -0.792. The maximum absolute atomic E-state index is 13.2. The summed E-state index contributed by atoms with van der Waals surface area (Å²) >= 11 is 0. The summed E-state index contributed by atoms with van der Waals surface area (Å²) in [6, 6.07) is 15.6. The summed E-state index contributed by atoms with van der Waals surface area (Å²) in [5.74, 6) is 0.222. The van der Waals surface area contributed by atoms with Gasteiger partial charge in [-0.1, -0.05) is 36.4 Å². The van der Waals surface area contributed by atoms with E-state index in [1.165, 1.54) is 12.0 Å². The second kappa shape index (κ2) is 9.93. The molecule has 3 atom stereocenters. The Labute approximate surface area is 176 Å². The van der Waals surface area contributed by atoms with Gasteiger partial charge in [-0.25, -0.2) is 0 Å². The van der Waals surface area contributed by atoms with Gasteiger partial charge in [0.1, 0.15) is 11.8 Å². The average Bonchev–Trinajstić information content (AvgIpc) is 3.04. The lowest BCUT2D eigenvalue weighted by Gasteiger charge is -2.27. The molecule has 1 heterocycles. The van der Waals surface area contributed by atoms with Crippen LogP contribution in [0.4, 0.5) is 5.69 Å². The van der Waals surface area contributed by atoms with Crippen molar-refractivity contribution in [3.63, 3.8) is 0 Å². The molecule has 3 rings (SSSR count). The van der Waals surface area contributed by atoms with Crippen molar-refractivity contribution in [2.24, 2.45) is 0 Å². The highest BCUT2D eigenvalue weighted by Crippen LogP contribution is 2.27. The molecule has 2 amide bonds. The second-order valence-electron chi connectivity index (χ2n) is 6.98. The zero-order chi connectivity index (χ0) is 21.5. The molecule has 158 valence electrons. The number of amides is 2. The van der Waals surface area contributed by atoms with Crippen LogP contribution in [0, 0.1) is 0 Å². The third-order valence-corrected chi connectivity index (χ3v) is 5.11. The predicted octanol–water partition coefficient (Wildman–Crippen LogP) is 2.20. The SMILES string of the molecule is C=CCN1C(=O)[C@H](OC)[C@@H](Nc2ccc(OC)cc2)[C@H]1C(=O)NCc1ccccc1. The number of benzene rings is 2. The van der Waals surface area contributed by atoms with Crippen molar-refractivity contribution in [3.8, 4) is 5.75 Å². The van der Waals surface area contributed by atoms with Crippen molar-refractivity contribution in [2.45, 2.75) is 24.7 Å². The van der Waals surface area contributed by atoms with Crippen LogP contribution < -0.4 is 15.4 Å². The molecule has 0 aromatic heterocycles. The molecular weight excluding hydrogens is 382 g/mol. The van der Waals surface area contributed by atoms with Gasteiger partial charge < -0.3 is 25.0 Å². The summed E-state index contributed by atoms with van der Waals surface area (Å²) in [5, 5.41) is 6.25. The number of carbonyl (C=O) groups is 2. The van der Waals surface area contributed by atoms with Gasteiger partial charge in [-0.05, 0) is 29.8 Å². The Balaban J connectivity index is 1.83. The quantitative estimate of drug-likeness (QED) is 0.621. The number of hydrogen-bond acceptors (Lipinski definition) is 5. The van der Waals surface area contributed by atoms with E-state index < -0.39 is 18.2 Å². The Bertz CT molecular complexity index is 870. The number of carbonyl (C=O) groups excluding carboxylic acids is 2. The zero-order valence-electron chi connectivity index (χ0n) is 17.2. The van der Waals surface area contributed by atoms with Crippen molar-refractivity contribution in [3.05, 3.63) is 72.8 Å². The predicted molar refractivity (Wildman–Crippen MR) is 115 cm³/mol. The van der Waals surface area contributed by atoms with Gasteiger partial charge in [-0.2, -0.15) is 0 Å². The number of rotatable bonds is 9. The molecule has 0 bridgehead atoms. The van der Waals surface area contributed by atoms with Gasteiger partial charge in [-0.15, -0.1) is 6.58 Å². The van der Waals surface area contributed by atoms with Crippen LogP contribution in [0.15, 0.2) is 67.3 Å². The van der Waals surface area contributed by atoms with E-state index >= 15 is 0 Å². The Morgan fingerprint density at radius 1 is 1.13 bits per heavy atom. The molecule has 2 aromatic rings. The first-order valence-corrected chi connectivity index (χ1v) is 9.75. The molecule has 0 spiro atoms. The number of ether oxygens (including phenoxy) is 2. The van der Waals surface area contributed by atoms with Gasteiger partial charge in [-0.3, -0.25) is 9.59 Å². The van der Waals surface area contributed by atoms with Gasteiger partial charge in [0, 0.05) is 25.9 Å². The molecule has 30 heavy (non-hydrogen) atoms. The fourth-order valence-electron chi connectivity index (χ4n) is 3.63. The van der Waals surface area contributed by atoms with E-state index in [2.05, 4.69) is 17.2 Å². The first-order valence-electron chi connectivity index (χ1n) is 9.75. The monoisotopic (exact) mass is 409 g/mol. The second-order valence-corrected chi connectivity index (χ2v) is 6.98. The fourth-order valence-corrected chi connectivity index (χ4v) is 3.63. The summed E-state index contributed by atoms with van der Waals surface area (Å²) < 4.78 is 10.7. The summed E-state index contributed by atoms with van der Waals surface area (Å²) in [5.41, 5.74) is 1.74. The standard InChI is InChI=1S/C23H27N3O4/c1-4-14-26-20(22(27)24-15-16-8-6-5-7-9-16)19(21(30-3)23(26)28)25-17-10-12-18(29-2)13-11-17/h4-13,19-21,25H,1,14-15H2,2-3H3,(H,24,27)/t19-,20-,21+/m0/s1. The van der Waals surface area contributed by atoms with Crippen molar-refractivity contribution in [2.75, 3.05) is 26.1 Å². The molecule has 1 aliphatic rings. The van der Waals surface area contributed by atoms with Crippen molar-refractivity contribution < 1.29 is 19.1 Å². The van der Waals surface area contributed by atoms with E-state index in [1.54, 1.807) is 13.2 Å². The highest BCUT2D eigenvalue weighted by atomic mass is 16.5. The van der Waals surface area contributed by atoms with Crippen LogP contribution in [0.1, 0.15) is 5.56 Å². The number of nitrogens with one attached hydrogen (secondary N) is 2. The van der Waals surface area contributed by atoms with Crippen LogP contribution in [0.2, 0.25) is 0 Å². The molecule has 1 fully saturated rings. The molecule has 0 aliphatic carbocycles. The van der Waals surface area contributed by atoms with E-state index in [9.17, 15) is 9.59 Å². The third kappa shape index (κ3) is 4.63. The molecule has 0 unspecified atom stereocenters. The summed E-state index contributed by atoms with van der Waals surface area (Å²) in [4.78, 5) is 27.6. The van der Waals surface area contributed by atoms with E-state index in [0.717, 1.165) is 17.0 Å². The van der Waals surface area contributed by atoms with Gasteiger partial charge >= 0.3 is 0 Å². The molecular formula is C23H27N3O4. The molecule has 1 saturated heterocycles. The maximum atomic E-state index is 13.2. The number of nitrogens with zero attached hydrogens (tertiary/aromatic N) is 1. The molecule has 7 heteroatoms. The first-order chi connectivity index (χ1) is 14.6. The Morgan fingerprint density at radius 2 is 1.83 bits per heavy atom. The van der Waals surface area contributed by atoms with Crippen molar-refractivity contribution >= 4 is 17.5 Å². The molecule has 2 aromatic carbocycles. The number of anilines is 1. The molecule has 2 N–H and O–H groups in total. The molecule has 0 saturated carbocycles. The lowest BCUT2D eigenvalue weighted by atomic mass is 10.0. The Hall–Kier alpha value is -3.32. The van der Waals surface area contributed by atoms with Crippen LogP contribution >= 0.6 is 0 Å². The summed E-state index contributed by atoms with van der Waals surface area (Å²) in [7, 11) is 3.07. The smallest absolute Gasteiger partial charge is 0.254 e. The van der Waals surface area contributed by atoms with Crippen molar-refractivity contribution in [1.82, 2.24) is 10.2 Å². The number of hydrogen-bond donors (Lipinski definition) is 2. The topological polar surface area (TPSA) is 79.9 Å². The first kappa shape index (κ1) is 21.4. The Kier molecular flexibility index (Phi) is 7.08. The van der Waals surface area contributed by atoms with Gasteiger partial charge in [0.15, 0.2) is 6.10 Å².